The Morgan fingerprint density at radius 1 is 1.04 bits per heavy atom. The highest BCUT2D eigenvalue weighted by molar-refractivity contribution is 5.33. The molecule has 0 saturated carbocycles. The predicted molar refractivity (Wildman–Crippen MR) is 109 cm³/mol. The van der Waals surface area contributed by atoms with Crippen LogP contribution in [0.4, 0.5) is 0 Å². The molecule has 0 unspecified atom stereocenters. The highest BCUT2D eigenvalue weighted by Crippen LogP contribution is 2.18. The quantitative estimate of drug-likeness (QED) is 0.633. The van der Waals surface area contributed by atoms with Gasteiger partial charge in [-0.25, -0.2) is 0 Å². The van der Waals surface area contributed by atoms with Crippen LogP contribution in [0.2, 0.25) is 0 Å². The summed E-state index contributed by atoms with van der Waals surface area (Å²) in [6.45, 7) is 5.26. The van der Waals surface area contributed by atoms with Crippen LogP contribution in [0.1, 0.15) is 28.2 Å². The minimum atomic E-state index is -0.0674. The molecule has 3 aromatic rings. The molecule has 0 radical (unpaired) electrons. The van der Waals surface area contributed by atoms with Crippen LogP contribution in [0.5, 0.6) is 5.75 Å². The lowest BCUT2D eigenvalue weighted by atomic mass is 10.2. The smallest absolute Gasteiger partial charge is 0.257 e. The van der Waals surface area contributed by atoms with Crippen LogP contribution in [-0.4, -0.2) is 33.5 Å². The molecule has 6 heteroatoms. The monoisotopic (exact) mass is 378 g/mol. The third kappa shape index (κ3) is 4.84. The molecule has 28 heavy (non-hydrogen) atoms. The van der Waals surface area contributed by atoms with Crippen molar-refractivity contribution in [3.8, 4) is 5.75 Å². The van der Waals surface area contributed by atoms with Crippen molar-refractivity contribution < 1.29 is 4.74 Å². The summed E-state index contributed by atoms with van der Waals surface area (Å²) in [4.78, 5) is 23.8. The van der Waals surface area contributed by atoms with Crippen molar-refractivity contribution in [1.82, 2.24) is 19.4 Å². The number of ether oxygens (including phenoxy) is 1. The van der Waals surface area contributed by atoms with Gasteiger partial charge in [0.05, 0.1) is 35.9 Å². The number of hydrogen-bond acceptors (Lipinski definition) is 5. The second-order valence-electron chi connectivity index (χ2n) is 7.18. The van der Waals surface area contributed by atoms with E-state index in [0.29, 0.717) is 24.5 Å². The highest BCUT2D eigenvalue weighted by Gasteiger charge is 2.12. The Bertz CT molecular complexity index is 980. The Morgan fingerprint density at radius 3 is 2.36 bits per heavy atom. The molecule has 0 bridgehead atoms. The zero-order valence-electron chi connectivity index (χ0n) is 16.8. The summed E-state index contributed by atoms with van der Waals surface area (Å²) in [5, 5.41) is 0. The SMILES string of the molecule is Cc1c(OCc2ccccc2)cc(C)n(Cc2cnc(CN(C)C)cn2)c1=O. The van der Waals surface area contributed by atoms with E-state index in [1.807, 2.05) is 62.3 Å². The van der Waals surface area contributed by atoms with Crippen LogP contribution in [0, 0.1) is 13.8 Å². The average molecular weight is 378 g/mol. The van der Waals surface area contributed by atoms with E-state index >= 15 is 0 Å². The van der Waals surface area contributed by atoms with Crippen LogP contribution >= 0.6 is 0 Å². The fourth-order valence-electron chi connectivity index (χ4n) is 2.96. The Balaban J connectivity index is 1.77. The molecule has 6 nitrogen and oxygen atoms in total. The Hall–Kier alpha value is -2.99. The topological polar surface area (TPSA) is 60.2 Å². The van der Waals surface area contributed by atoms with E-state index < -0.39 is 0 Å². The molecule has 0 N–H and O–H groups in total. The molecule has 2 aromatic heterocycles. The number of aromatic nitrogens is 3. The maximum Gasteiger partial charge on any atom is 0.257 e. The van der Waals surface area contributed by atoms with Crippen LogP contribution in [0.15, 0.2) is 53.6 Å². The summed E-state index contributed by atoms with van der Waals surface area (Å²) < 4.78 is 7.61. The van der Waals surface area contributed by atoms with Crippen LogP contribution < -0.4 is 10.3 Å². The van der Waals surface area contributed by atoms with Gasteiger partial charge in [-0.2, -0.15) is 0 Å². The van der Waals surface area contributed by atoms with E-state index in [1.165, 1.54) is 0 Å². The van der Waals surface area contributed by atoms with Gasteiger partial charge in [0.1, 0.15) is 12.4 Å². The number of hydrogen-bond donors (Lipinski definition) is 0. The third-order valence-corrected chi connectivity index (χ3v) is 4.50. The normalized spacial score (nSPS) is 11.0. The standard InChI is InChI=1S/C22H26N4O2/c1-16-10-21(28-15-18-8-6-5-7-9-18)17(2)22(27)26(16)14-20-12-23-19(11-24-20)13-25(3)4/h5-12H,13-15H2,1-4H3. The fourth-order valence-corrected chi connectivity index (χ4v) is 2.96. The van der Waals surface area contributed by atoms with E-state index in [0.717, 1.165) is 29.2 Å². The van der Waals surface area contributed by atoms with Crippen LogP contribution in [0.25, 0.3) is 0 Å². The molecule has 0 aliphatic heterocycles. The van der Waals surface area contributed by atoms with Gasteiger partial charge in [-0.1, -0.05) is 30.3 Å². The van der Waals surface area contributed by atoms with Gasteiger partial charge in [0, 0.05) is 12.2 Å². The molecule has 0 saturated heterocycles. The molecular formula is C22H26N4O2. The molecule has 2 heterocycles. The molecule has 0 aliphatic rings. The van der Waals surface area contributed by atoms with Gasteiger partial charge >= 0.3 is 0 Å². The number of aryl methyl sites for hydroxylation is 1. The Labute approximate surface area is 165 Å². The minimum absolute atomic E-state index is 0.0674. The summed E-state index contributed by atoms with van der Waals surface area (Å²) in [6, 6.07) is 11.8. The maximum atomic E-state index is 12.9. The van der Waals surface area contributed by atoms with Gasteiger partial charge in [0.2, 0.25) is 0 Å². The fraction of sp³-hybridized carbons (Fsp3) is 0.318. The van der Waals surface area contributed by atoms with Gasteiger partial charge < -0.3 is 14.2 Å². The highest BCUT2D eigenvalue weighted by atomic mass is 16.5. The maximum absolute atomic E-state index is 12.9. The zero-order valence-corrected chi connectivity index (χ0v) is 16.8. The predicted octanol–water partition coefficient (Wildman–Crippen LogP) is 2.94. The summed E-state index contributed by atoms with van der Waals surface area (Å²) >= 11 is 0. The first-order chi connectivity index (χ1) is 13.4. The Morgan fingerprint density at radius 2 is 1.71 bits per heavy atom. The number of nitrogens with zero attached hydrogens (tertiary/aromatic N) is 4. The molecule has 3 rings (SSSR count). The third-order valence-electron chi connectivity index (χ3n) is 4.50. The lowest BCUT2D eigenvalue weighted by Gasteiger charge is -2.15. The van der Waals surface area contributed by atoms with E-state index in [4.69, 9.17) is 4.74 Å². The van der Waals surface area contributed by atoms with E-state index in [9.17, 15) is 4.79 Å². The molecular weight excluding hydrogens is 352 g/mol. The molecule has 146 valence electrons. The van der Waals surface area contributed by atoms with Crippen molar-refractivity contribution in [3.05, 3.63) is 87.4 Å². The van der Waals surface area contributed by atoms with Crippen molar-refractivity contribution in [2.24, 2.45) is 0 Å². The van der Waals surface area contributed by atoms with Gasteiger partial charge in [-0.15, -0.1) is 0 Å². The number of pyridine rings is 1. The molecule has 0 aliphatic carbocycles. The average Bonchev–Trinajstić information content (AvgIpc) is 2.68. The summed E-state index contributed by atoms with van der Waals surface area (Å²) in [7, 11) is 3.98. The number of rotatable bonds is 7. The van der Waals surface area contributed by atoms with Gasteiger partial charge in [0.15, 0.2) is 0 Å². The molecule has 0 atom stereocenters. The lowest BCUT2D eigenvalue weighted by molar-refractivity contribution is 0.302. The molecule has 0 amide bonds. The van der Waals surface area contributed by atoms with E-state index in [-0.39, 0.29) is 5.56 Å². The Kier molecular flexibility index (Phi) is 6.21. The summed E-state index contributed by atoms with van der Waals surface area (Å²) in [5.41, 5.74) is 4.08. The van der Waals surface area contributed by atoms with Crippen molar-refractivity contribution in [3.63, 3.8) is 0 Å². The van der Waals surface area contributed by atoms with Gasteiger partial charge in [0.25, 0.3) is 5.56 Å². The first-order valence-electron chi connectivity index (χ1n) is 9.26. The second-order valence-corrected chi connectivity index (χ2v) is 7.18. The first-order valence-corrected chi connectivity index (χ1v) is 9.26. The largest absolute Gasteiger partial charge is 0.488 e. The summed E-state index contributed by atoms with van der Waals surface area (Å²) in [6.07, 6.45) is 3.50. The summed E-state index contributed by atoms with van der Waals surface area (Å²) in [5.74, 6) is 0.620. The van der Waals surface area contributed by atoms with Crippen LogP contribution in [-0.2, 0) is 19.7 Å². The van der Waals surface area contributed by atoms with Crippen molar-refractivity contribution in [2.45, 2.75) is 33.5 Å². The van der Waals surface area contributed by atoms with E-state index in [2.05, 4.69) is 9.97 Å². The molecule has 1 aromatic carbocycles. The van der Waals surface area contributed by atoms with E-state index in [1.54, 1.807) is 23.9 Å². The zero-order chi connectivity index (χ0) is 20.1. The van der Waals surface area contributed by atoms with Gasteiger partial charge in [-0.05, 0) is 39.6 Å². The first kappa shape index (κ1) is 19.8. The second kappa shape index (κ2) is 8.80. The van der Waals surface area contributed by atoms with Crippen LogP contribution in [0.3, 0.4) is 0 Å². The van der Waals surface area contributed by atoms with Crippen molar-refractivity contribution in [1.29, 1.82) is 0 Å². The van der Waals surface area contributed by atoms with Crippen molar-refractivity contribution in [2.75, 3.05) is 14.1 Å². The number of benzene rings is 1. The molecule has 0 spiro atoms. The van der Waals surface area contributed by atoms with Crippen molar-refractivity contribution >= 4 is 0 Å². The minimum Gasteiger partial charge on any atom is -0.488 e. The van der Waals surface area contributed by atoms with Gasteiger partial charge in [-0.3, -0.25) is 14.8 Å². The lowest BCUT2D eigenvalue weighted by Crippen LogP contribution is -2.26. The molecule has 0 fully saturated rings.